The Hall–Kier alpha value is -1.32. The maximum Gasteiger partial charge on any atom is 0.324 e. The highest BCUT2D eigenvalue weighted by atomic mass is 32.2. The third-order valence-corrected chi connectivity index (χ3v) is 8.03. The van der Waals surface area contributed by atoms with Crippen LogP contribution in [0, 0.1) is 5.92 Å². The zero-order valence-electron chi connectivity index (χ0n) is 18.5. The summed E-state index contributed by atoms with van der Waals surface area (Å²) in [7, 11) is 0. The third kappa shape index (κ3) is 7.64. The third-order valence-electron chi connectivity index (χ3n) is 5.94. The normalized spacial score (nSPS) is 22.4. The molecule has 1 aromatic heterocycles. The van der Waals surface area contributed by atoms with Crippen molar-refractivity contribution in [3.8, 4) is 0 Å². The van der Waals surface area contributed by atoms with Crippen LogP contribution in [0.1, 0.15) is 71.6 Å². The zero-order chi connectivity index (χ0) is 22.2. The van der Waals surface area contributed by atoms with E-state index in [0.29, 0.717) is 17.2 Å². The van der Waals surface area contributed by atoms with E-state index in [4.69, 9.17) is 9.84 Å². The van der Waals surface area contributed by atoms with Crippen LogP contribution < -0.4 is 5.32 Å². The van der Waals surface area contributed by atoms with Crippen molar-refractivity contribution in [3.63, 3.8) is 0 Å². The first-order valence-electron chi connectivity index (χ1n) is 11.4. The summed E-state index contributed by atoms with van der Waals surface area (Å²) < 4.78 is 6.84. The van der Waals surface area contributed by atoms with E-state index in [2.05, 4.69) is 29.0 Å². The van der Waals surface area contributed by atoms with E-state index in [1.54, 1.807) is 6.20 Å². The molecule has 0 saturated heterocycles. The summed E-state index contributed by atoms with van der Waals surface area (Å²) >= 11 is 2.56. The van der Waals surface area contributed by atoms with Gasteiger partial charge in [0.05, 0.1) is 22.3 Å². The van der Waals surface area contributed by atoms with Crippen LogP contribution in [0.3, 0.4) is 0 Å². The number of carboxylic acids is 1. The minimum atomic E-state index is -0.861. The molecule has 2 aliphatic carbocycles. The number of thiazole rings is 1. The molecule has 0 unspecified atom stereocenters. The molecule has 174 valence electrons. The second-order valence-electron chi connectivity index (χ2n) is 8.95. The fourth-order valence-electron chi connectivity index (χ4n) is 4.48. The number of rotatable bonds is 9. The number of carbonyl (C=O) groups excluding carboxylic acids is 1. The fraction of sp³-hybridized carbons (Fsp3) is 0.773. The highest BCUT2D eigenvalue weighted by Crippen LogP contribution is 2.33. The number of amides is 2. The Labute approximate surface area is 193 Å². The topological polar surface area (TPSA) is 91.8 Å². The van der Waals surface area contributed by atoms with E-state index in [0.717, 1.165) is 49.3 Å². The van der Waals surface area contributed by atoms with Crippen LogP contribution in [0.5, 0.6) is 0 Å². The van der Waals surface area contributed by atoms with Gasteiger partial charge in [-0.1, -0.05) is 44.4 Å². The van der Waals surface area contributed by atoms with Gasteiger partial charge in [0, 0.05) is 18.7 Å². The van der Waals surface area contributed by atoms with Crippen LogP contribution in [-0.4, -0.2) is 57.5 Å². The fourth-order valence-corrected chi connectivity index (χ4v) is 6.06. The Morgan fingerprint density at radius 3 is 2.52 bits per heavy atom. The molecule has 0 aliphatic heterocycles. The number of urea groups is 1. The lowest BCUT2D eigenvalue weighted by molar-refractivity contribution is -0.133. The summed E-state index contributed by atoms with van der Waals surface area (Å²) in [4.78, 5) is 30.5. The van der Waals surface area contributed by atoms with E-state index in [-0.39, 0.29) is 23.9 Å². The molecular formula is C22H35N3O4S2. The van der Waals surface area contributed by atoms with Gasteiger partial charge in [-0.05, 0) is 44.4 Å². The van der Waals surface area contributed by atoms with Crippen molar-refractivity contribution < 1.29 is 19.4 Å². The molecule has 31 heavy (non-hydrogen) atoms. The second kappa shape index (κ2) is 12.1. The van der Waals surface area contributed by atoms with Gasteiger partial charge in [-0.3, -0.25) is 10.1 Å². The van der Waals surface area contributed by atoms with Crippen molar-refractivity contribution in [2.24, 2.45) is 5.92 Å². The molecule has 0 radical (unpaired) electrons. The van der Waals surface area contributed by atoms with Crippen LogP contribution in [0.2, 0.25) is 0 Å². The van der Waals surface area contributed by atoms with Crippen molar-refractivity contribution in [1.29, 1.82) is 0 Å². The molecule has 2 fully saturated rings. The Balaban J connectivity index is 1.61. The van der Waals surface area contributed by atoms with E-state index in [9.17, 15) is 9.59 Å². The van der Waals surface area contributed by atoms with E-state index < -0.39 is 5.97 Å². The standard InChI is InChI=1S/C22H35N3O4S2/c1-15(2)13-29-18-10-8-17(9-11-18)25(16-6-4-3-5-7-16)22(28)24-21-23-12-20(31-21)30-14-19(26)27/h12,15-18H,3-11,13-14H2,1-2H3,(H,26,27)(H,23,24,28)/t17-,18-. The molecule has 0 spiro atoms. The number of hydrogen-bond donors (Lipinski definition) is 2. The van der Waals surface area contributed by atoms with Gasteiger partial charge >= 0.3 is 12.0 Å². The van der Waals surface area contributed by atoms with Crippen LogP contribution in [0.25, 0.3) is 0 Å². The molecule has 2 saturated carbocycles. The Kier molecular flexibility index (Phi) is 9.47. The number of thioether (sulfide) groups is 1. The lowest BCUT2D eigenvalue weighted by Crippen LogP contribution is -2.51. The molecule has 0 aromatic carbocycles. The van der Waals surface area contributed by atoms with Gasteiger partial charge in [0.15, 0.2) is 5.13 Å². The monoisotopic (exact) mass is 469 g/mol. The van der Waals surface area contributed by atoms with Gasteiger partial charge in [0.1, 0.15) is 0 Å². The van der Waals surface area contributed by atoms with E-state index in [1.165, 1.54) is 42.4 Å². The molecule has 0 bridgehead atoms. The first kappa shape index (κ1) is 24.3. The average Bonchev–Trinajstić information content (AvgIpc) is 3.20. The smallest absolute Gasteiger partial charge is 0.324 e. The highest BCUT2D eigenvalue weighted by Gasteiger charge is 2.35. The zero-order valence-corrected chi connectivity index (χ0v) is 20.2. The number of anilines is 1. The van der Waals surface area contributed by atoms with Crippen molar-refractivity contribution in [2.75, 3.05) is 17.7 Å². The van der Waals surface area contributed by atoms with Crippen molar-refractivity contribution >= 4 is 40.2 Å². The number of ether oxygens (including phenoxy) is 1. The van der Waals surface area contributed by atoms with Gasteiger partial charge in [0.2, 0.25) is 0 Å². The van der Waals surface area contributed by atoms with Gasteiger partial charge < -0.3 is 14.7 Å². The van der Waals surface area contributed by atoms with Crippen molar-refractivity contribution in [1.82, 2.24) is 9.88 Å². The van der Waals surface area contributed by atoms with Gasteiger partial charge in [-0.15, -0.1) is 11.8 Å². The predicted molar refractivity (Wildman–Crippen MR) is 125 cm³/mol. The number of aromatic nitrogens is 1. The van der Waals surface area contributed by atoms with Crippen molar-refractivity contribution in [3.05, 3.63) is 6.20 Å². The lowest BCUT2D eigenvalue weighted by Gasteiger charge is -2.42. The Morgan fingerprint density at radius 2 is 1.87 bits per heavy atom. The minimum absolute atomic E-state index is 0.00804. The largest absolute Gasteiger partial charge is 0.481 e. The van der Waals surface area contributed by atoms with Crippen LogP contribution in [-0.2, 0) is 9.53 Å². The lowest BCUT2D eigenvalue weighted by atomic mass is 9.87. The van der Waals surface area contributed by atoms with Crippen LogP contribution in [0.4, 0.5) is 9.93 Å². The summed E-state index contributed by atoms with van der Waals surface area (Å²) in [6.07, 6.45) is 11.6. The van der Waals surface area contributed by atoms with Gasteiger partial charge in [0.25, 0.3) is 0 Å². The first-order valence-corrected chi connectivity index (χ1v) is 13.2. The first-order chi connectivity index (χ1) is 14.9. The molecule has 7 nitrogen and oxygen atoms in total. The maximum absolute atomic E-state index is 13.3. The quantitative estimate of drug-likeness (QED) is 0.466. The number of aliphatic carboxylic acids is 1. The molecule has 2 aliphatic rings. The van der Waals surface area contributed by atoms with Crippen molar-refractivity contribution in [2.45, 2.75) is 94.0 Å². The Bertz CT molecular complexity index is 713. The molecule has 3 rings (SSSR count). The number of carbonyl (C=O) groups is 2. The summed E-state index contributed by atoms with van der Waals surface area (Å²) in [5.74, 6) is -0.328. The van der Waals surface area contributed by atoms with Gasteiger partial charge in [-0.25, -0.2) is 9.78 Å². The minimum Gasteiger partial charge on any atom is -0.481 e. The molecule has 1 heterocycles. The van der Waals surface area contributed by atoms with Crippen LogP contribution in [0.15, 0.2) is 10.4 Å². The molecule has 9 heteroatoms. The summed E-state index contributed by atoms with van der Waals surface area (Å²) in [5.41, 5.74) is 0. The summed E-state index contributed by atoms with van der Waals surface area (Å²) in [6, 6.07) is 0.457. The van der Waals surface area contributed by atoms with E-state index in [1.807, 2.05) is 0 Å². The molecule has 2 N–H and O–H groups in total. The number of nitrogens with one attached hydrogen (secondary N) is 1. The number of hydrogen-bond acceptors (Lipinski definition) is 6. The maximum atomic E-state index is 13.3. The van der Waals surface area contributed by atoms with Crippen LogP contribution >= 0.6 is 23.1 Å². The Morgan fingerprint density at radius 1 is 1.19 bits per heavy atom. The second-order valence-corrected chi connectivity index (χ2v) is 11.3. The SMILES string of the molecule is CC(C)CO[C@H]1CC[C@H](N(C(=O)Nc2ncc(SCC(=O)O)s2)C2CCCCC2)CC1. The average molecular weight is 470 g/mol. The molecule has 0 atom stereocenters. The van der Waals surface area contributed by atoms with Gasteiger partial charge in [-0.2, -0.15) is 0 Å². The molecular weight excluding hydrogens is 434 g/mol. The highest BCUT2D eigenvalue weighted by molar-refractivity contribution is 8.01. The van der Waals surface area contributed by atoms with E-state index >= 15 is 0 Å². The summed E-state index contributed by atoms with van der Waals surface area (Å²) in [5, 5.41) is 12.4. The molecule has 1 aromatic rings. The number of carboxylic acid groups (broad SMARTS) is 1. The predicted octanol–water partition coefficient (Wildman–Crippen LogP) is 5.47. The molecule has 2 amide bonds. The summed E-state index contributed by atoms with van der Waals surface area (Å²) in [6.45, 7) is 5.14. The number of nitrogens with zero attached hydrogens (tertiary/aromatic N) is 2.